The van der Waals surface area contributed by atoms with Gasteiger partial charge in [-0.15, -0.1) is 0 Å². The Morgan fingerprint density at radius 3 is 2.70 bits per heavy atom. The number of nitrogens with zero attached hydrogens (tertiary/aromatic N) is 5. The van der Waals surface area contributed by atoms with E-state index >= 15 is 0 Å². The molecule has 1 aliphatic heterocycles. The van der Waals surface area contributed by atoms with Gasteiger partial charge in [-0.25, -0.2) is 5.01 Å². The van der Waals surface area contributed by atoms with Crippen LogP contribution < -0.4 is 0 Å². The summed E-state index contributed by atoms with van der Waals surface area (Å²) in [4.78, 5) is 29.4. The molecule has 0 atom stereocenters. The topological polar surface area (TPSA) is 71.3 Å². The quantitative estimate of drug-likeness (QED) is 0.669. The Balaban J connectivity index is 1.70. The molecule has 0 aliphatic carbocycles. The van der Waals surface area contributed by atoms with Crippen LogP contribution in [-0.2, 0) is 23.1 Å². The number of aromatic nitrogens is 3. The highest BCUT2D eigenvalue weighted by molar-refractivity contribution is 9.10. The van der Waals surface area contributed by atoms with Crippen LogP contribution in [0.3, 0.4) is 0 Å². The zero-order chi connectivity index (χ0) is 19.6. The second-order valence-electron chi connectivity index (χ2n) is 6.27. The lowest BCUT2D eigenvalue weighted by atomic mass is 10.2. The molecule has 2 amide bonds. The van der Waals surface area contributed by atoms with Crippen LogP contribution in [0.25, 0.3) is 6.08 Å². The van der Waals surface area contributed by atoms with E-state index in [-0.39, 0.29) is 18.2 Å². The third-order valence-corrected chi connectivity index (χ3v) is 5.16. The van der Waals surface area contributed by atoms with E-state index in [0.717, 1.165) is 22.2 Å². The molecule has 0 radical (unpaired) electrons. The first-order chi connectivity index (χ1) is 12.9. The average molecular weight is 453 g/mol. The number of hydrogen-bond donors (Lipinski definition) is 0. The zero-order valence-corrected chi connectivity index (χ0v) is 17.4. The van der Waals surface area contributed by atoms with Crippen molar-refractivity contribution in [1.82, 2.24) is 24.8 Å². The van der Waals surface area contributed by atoms with Gasteiger partial charge in [0.15, 0.2) is 0 Å². The summed E-state index contributed by atoms with van der Waals surface area (Å²) in [7, 11) is 1.74. The fourth-order valence-electron chi connectivity index (χ4n) is 2.99. The van der Waals surface area contributed by atoms with Crippen molar-refractivity contribution < 1.29 is 9.59 Å². The number of carbonyl (C=O) groups is 2. The van der Waals surface area contributed by atoms with Crippen LogP contribution in [0.2, 0.25) is 5.15 Å². The van der Waals surface area contributed by atoms with E-state index in [4.69, 9.17) is 11.6 Å². The number of aryl methyl sites for hydroxylation is 2. The summed E-state index contributed by atoms with van der Waals surface area (Å²) in [6, 6.07) is 1.85. The molecule has 1 aliphatic rings. The van der Waals surface area contributed by atoms with Crippen molar-refractivity contribution in [2.75, 3.05) is 13.1 Å². The molecule has 2 aromatic rings. The molecule has 3 rings (SSSR count). The molecule has 9 heteroatoms. The maximum absolute atomic E-state index is 12.7. The molecule has 142 valence electrons. The van der Waals surface area contributed by atoms with Crippen LogP contribution in [0.1, 0.15) is 23.2 Å². The normalized spacial score (nSPS) is 14.4. The van der Waals surface area contributed by atoms with Crippen LogP contribution in [-0.4, -0.2) is 49.7 Å². The Labute approximate surface area is 170 Å². The predicted octanol–water partition coefficient (Wildman–Crippen LogP) is 2.77. The van der Waals surface area contributed by atoms with Crippen molar-refractivity contribution in [3.8, 4) is 0 Å². The van der Waals surface area contributed by atoms with Crippen molar-refractivity contribution in [2.45, 2.75) is 19.8 Å². The van der Waals surface area contributed by atoms with Crippen molar-refractivity contribution in [3.05, 3.63) is 51.0 Å². The third-order valence-electron chi connectivity index (χ3n) is 4.28. The first-order valence-electron chi connectivity index (χ1n) is 8.45. The second kappa shape index (κ2) is 8.22. The smallest absolute Gasteiger partial charge is 0.265 e. The van der Waals surface area contributed by atoms with E-state index in [9.17, 15) is 9.59 Å². The minimum atomic E-state index is -0.257. The minimum Gasteiger partial charge on any atom is -0.273 e. The van der Waals surface area contributed by atoms with Gasteiger partial charge >= 0.3 is 0 Å². The molecule has 2 aromatic heterocycles. The highest BCUT2D eigenvalue weighted by Crippen LogP contribution is 2.21. The second-order valence-corrected chi connectivity index (χ2v) is 7.54. The largest absolute Gasteiger partial charge is 0.273 e. The van der Waals surface area contributed by atoms with Gasteiger partial charge in [0, 0.05) is 48.6 Å². The molecule has 0 spiro atoms. The fraction of sp³-hybridized carbons (Fsp3) is 0.333. The highest BCUT2D eigenvalue weighted by Gasteiger charge is 2.29. The number of hydrazine groups is 1. The molecule has 3 heterocycles. The van der Waals surface area contributed by atoms with E-state index in [1.807, 2.05) is 13.0 Å². The molecule has 0 unspecified atom stereocenters. The van der Waals surface area contributed by atoms with Crippen LogP contribution in [0.5, 0.6) is 0 Å². The molecular formula is C18H19BrClN5O2. The summed E-state index contributed by atoms with van der Waals surface area (Å²) in [6.07, 6.45) is 7.32. The first kappa shape index (κ1) is 19.6. The lowest BCUT2D eigenvalue weighted by molar-refractivity contribution is -0.154. The lowest BCUT2D eigenvalue weighted by Crippen LogP contribution is -2.44. The van der Waals surface area contributed by atoms with Crippen LogP contribution in [0, 0.1) is 6.92 Å². The predicted molar refractivity (Wildman–Crippen MR) is 106 cm³/mol. The van der Waals surface area contributed by atoms with Crippen LogP contribution in [0.4, 0.5) is 0 Å². The molecule has 0 N–H and O–H groups in total. The van der Waals surface area contributed by atoms with E-state index in [2.05, 4.69) is 26.0 Å². The molecular weight excluding hydrogens is 434 g/mol. The summed E-state index contributed by atoms with van der Waals surface area (Å²) >= 11 is 9.54. The van der Waals surface area contributed by atoms with Crippen molar-refractivity contribution >= 4 is 45.4 Å². The minimum absolute atomic E-state index is 0.134. The maximum atomic E-state index is 12.7. The van der Waals surface area contributed by atoms with E-state index in [0.29, 0.717) is 23.8 Å². The first-order valence-corrected chi connectivity index (χ1v) is 9.62. The lowest BCUT2D eigenvalue weighted by Gasteiger charge is -2.27. The summed E-state index contributed by atoms with van der Waals surface area (Å²) in [5, 5.41) is 7.66. The molecule has 1 saturated heterocycles. The van der Waals surface area contributed by atoms with Gasteiger partial charge in [-0.1, -0.05) is 11.6 Å². The van der Waals surface area contributed by atoms with Gasteiger partial charge < -0.3 is 0 Å². The Bertz CT molecular complexity index is 911. The van der Waals surface area contributed by atoms with Gasteiger partial charge in [-0.2, -0.15) is 5.10 Å². The van der Waals surface area contributed by atoms with Crippen molar-refractivity contribution in [3.63, 3.8) is 0 Å². The molecule has 0 aromatic carbocycles. The van der Waals surface area contributed by atoms with Crippen molar-refractivity contribution in [2.24, 2.45) is 7.05 Å². The molecule has 0 saturated carbocycles. The third kappa shape index (κ3) is 4.39. The van der Waals surface area contributed by atoms with Crippen LogP contribution in [0.15, 0.2) is 29.0 Å². The molecule has 27 heavy (non-hydrogen) atoms. The number of pyridine rings is 1. The van der Waals surface area contributed by atoms with E-state index in [1.54, 1.807) is 30.2 Å². The van der Waals surface area contributed by atoms with Gasteiger partial charge in [-0.3, -0.25) is 24.3 Å². The van der Waals surface area contributed by atoms with Crippen molar-refractivity contribution in [1.29, 1.82) is 0 Å². The molecule has 0 bridgehead atoms. The number of amides is 2. The fourth-order valence-corrected chi connectivity index (χ4v) is 3.64. The number of halogens is 2. The average Bonchev–Trinajstić information content (AvgIpc) is 3.19. The van der Waals surface area contributed by atoms with Gasteiger partial charge in [0.25, 0.3) is 5.91 Å². The number of carbonyl (C=O) groups excluding carboxylic acids is 2. The molecule has 1 fully saturated rings. The zero-order valence-electron chi connectivity index (χ0n) is 15.0. The number of rotatable bonds is 4. The Kier molecular flexibility index (Phi) is 5.96. The van der Waals surface area contributed by atoms with Gasteiger partial charge in [0.2, 0.25) is 5.91 Å². The summed E-state index contributed by atoms with van der Waals surface area (Å²) in [5.41, 5.74) is 2.23. The van der Waals surface area contributed by atoms with Gasteiger partial charge in [0.1, 0.15) is 5.15 Å². The summed E-state index contributed by atoms with van der Waals surface area (Å²) < 4.78 is 2.37. The van der Waals surface area contributed by atoms with Crippen LogP contribution >= 0.6 is 27.5 Å². The van der Waals surface area contributed by atoms with E-state index < -0.39 is 0 Å². The SMILES string of the molecule is Cc1nn(C)c(Cl)c1/C=C/C(=O)N1CCCN1C(=O)Cc1cncc(Br)c1. The Morgan fingerprint density at radius 2 is 2.04 bits per heavy atom. The monoisotopic (exact) mass is 451 g/mol. The Morgan fingerprint density at radius 1 is 1.30 bits per heavy atom. The summed E-state index contributed by atoms with van der Waals surface area (Å²) in [5.74, 6) is -0.391. The van der Waals surface area contributed by atoms with Gasteiger partial charge in [0.05, 0.1) is 12.1 Å². The molecule has 7 nitrogen and oxygen atoms in total. The maximum Gasteiger partial charge on any atom is 0.265 e. The number of hydrogen-bond acceptors (Lipinski definition) is 4. The van der Waals surface area contributed by atoms with Gasteiger partial charge in [-0.05, 0) is 47.0 Å². The Hall–Kier alpha value is -2.19. The van der Waals surface area contributed by atoms with E-state index in [1.165, 1.54) is 16.1 Å². The highest BCUT2D eigenvalue weighted by atomic mass is 79.9. The summed E-state index contributed by atoms with van der Waals surface area (Å²) in [6.45, 7) is 2.85. The standard InChI is InChI=1S/C18H19BrClN5O2/c1-12-15(18(20)23(2)22-12)4-5-16(26)24-6-3-7-25(24)17(27)9-13-8-14(19)11-21-10-13/h4-5,8,10-11H,3,6-7,9H2,1-2H3/b5-4+.